The van der Waals surface area contributed by atoms with Gasteiger partial charge in [-0.15, -0.1) is 4.83 Å². The van der Waals surface area contributed by atoms with Gasteiger partial charge in [0.2, 0.25) is 0 Å². The van der Waals surface area contributed by atoms with E-state index in [0.29, 0.717) is 10.2 Å². The Hall–Kier alpha value is -0.900. The Morgan fingerprint density at radius 2 is 2.18 bits per heavy atom. The number of thiocarbonyl (C=S) groups is 1. The molecule has 0 aromatic heterocycles. The van der Waals surface area contributed by atoms with Crippen LogP contribution in [-0.4, -0.2) is 20.6 Å². The Labute approximate surface area is 113 Å². The van der Waals surface area contributed by atoms with Crippen molar-refractivity contribution in [1.29, 1.82) is 0 Å². The number of hydrogen-bond donors (Lipinski definition) is 3. The Morgan fingerprint density at radius 1 is 1.53 bits per heavy atom. The van der Waals surface area contributed by atoms with Gasteiger partial charge < -0.3 is 10.5 Å². The molecule has 0 aliphatic carbocycles. The topological polar surface area (TPSA) is 93.5 Å². The third-order valence-corrected chi connectivity index (χ3v) is 3.71. The minimum Gasteiger partial charge on any atom is -0.496 e. The highest BCUT2D eigenvalue weighted by molar-refractivity contribution is 9.10. The fourth-order valence-corrected chi connectivity index (χ4v) is 2.68. The van der Waals surface area contributed by atoms with Crippen LogP contribution in [0.15, 0.2) is 27.6 Å². The maximum atomic E-state index is 11.7. The molecule has 0 radical (unpaired) electrons. The molecule has 0 aliphatic rings. The van der Waals surface area contributed by atoms with Crippen LogP contribution in [-0.2, 0) is 10.0 Å². The van der Waals surface area contributed by atoms with Crippen molar-refractivity contribution < 1.29 is 13.2 Å². The minimum atomic E-state index is -3.72. The van der Waals surface area contributed by atoms with Crippen molar-refractivity contribution in [2.45, 2.75) is 4.90 Å². The summed E-state index contributed by atoms with van der Waals surface area (Å²) in [7, 11) is -2.23. The maximum Gasteiger partial charge on any atom is 0.257 e. The number of rotatable bonds is 4. The molecule has 17 heavy (non-hydrogen) atoms. The van der Waals surface area contributed by atoms with Gasteiger partial charge in [-0.25, -0.2) is 8.42 Å². The molecule has 0 saturated carbocycles. The van der Waals surface area contributed by atoms with Gasteiger partial charge in [-0.3, -0.25) is 5.43 Å². The lowest BCUT2D eigenvalue weighted by Gasteiger charge is -2.09. The van der Waals surface area contributed by atoms with Gasteiger partial charge in [0.25, 0.3) is 10.0 Å². The number of hydrazine groups is 1. The largest absolute Gasteiger partial charge is 0.496 e. The predicted molar refractivity (Wildman–Crippen MR) is 70.9 cm³/mol. The summed E-state index contributed by atoms with van der Waals surface area (Å²) in [6.07, 6.45) is 0. The summed E-state index contributed by atoms with van der Waals surface area (Å²) in [5.41, 5.74) is 7.27. The number of ether oxygens (including phenoxy) is 1. The molecule has 4 N–H and O–H groups in total. The molecule has 0 aliphatic heterocycles. The Balaban J connectivity index is 2.99. The van der Waals surface area contributed by atoms with Gasteiger partial charge in [0.1, 0.15) is 5.75 Å². The number of hydrogen-bond acceptors (Lipinski definition) is 4. The number of halogens is 1. The Kier molecular flexibility index (Phi) is 4.69. The van der Waals surface area contributed by atoms with Crippen molar-refractivity contribution in [3.63, 3.8) is 0 Å². The standard InChI is InChI=1S/C8H10BrN3O3S2/c1-15-7-3-2-5(4-6(7)9)17(13,14)12-11-8(10)16/h2-4,12H,1H3,(H3,10,11,16). The molecule has 1 rings (SSSR count). The van der Waals surface area contributed by atoms with E-state index in [9.17, 15) is 8.42 Å². The molecule has 0 amide bonds. The van der Waals surface area contributed by atoms with Gasteiger partial charge in [-0.2, -0.15) is 0 Å². The third kappa shape index (κ3) is 3.80. The van der Waals surface area contributed by atoms with E-state index in [1.54, 1.807) is 0 Å². The van der Waals surface area contributed by atoms with Crippen LogP contribution in [0.3, 0.4) is 0 Å². The first-order chi connectivity index (χ1) is 7.86. The average Bonchev–Trinajstić information content (AvgIpc) is 2.26. The number of nitrogens with two attached hydrogens (primary N) is 1. The first kappa shape index (κ1) is 14.2. The second-order valence-electron chi connectivity index (χ2n) is 2.89. The fraction of sp³-hybridized carbons (Fsp3) is 0.125. The van der Waals surface area contributed by atoms with Gasteiger partial charge >= 0.3 is 0 Å². The van der Waals surface area contributed by atoms with Crippen molar-refractivity contribution in [1.82, 2.24) is 10.3 Å². The van der Waals surface area contributed by atoms with Crippen LogP contribution in [0.2, 0.25) is 0 Å². The van der Waals surface area contributed by atoms with E-state index >= 15 is 0 Å². The van der Waals surface area contributed by atoms with Crippen molar-refractivity contribution in [2.24, 2.45) is 5.73 Å². The van der Waals surface area contributed by atoms with E-state index in [-0.39, 0.29) is 10.0 Å². The smallest absolute Gasteiger partial charge is 0.257 e. The first-order valence-corrected chi connectivity index (χ1v) is 6.96. The van der Waals surface area contributed by atoms with Crippen molar-refractivity contribution in [3.05, 3.63) is 22.7 Å². The number of sulfonamides is 1. The molecule has 0 saturated heterocycles. The quantitative estimate of drug-likeness (QED) is 0.545. The third-order valence-electron chi connectivity index (χ3n) is 1.74. The molecular formula is C8H10BrN3O3S2. The van der Waals surface area contributed by atoms with E-state index in [1.165, 1.54) is 25.3 Å². The zero-order chi connectivity index (χ0) is 13.1. The van der Waals surface area contributed by atoms with Crippen molar-refractivity contribution >= 4 is 43.3 Å². The molecule has 0 heterocycles. The highest BCUT2D eigenvalue weighted by atomic mass is 79.9. The summed E-state index contributed by atoms with van der Waals surface area (Å²) in [4.78, 5) is 2.08. The second kappa shape index (κ2) is 5.63. The molecule has 94 valence electrons. The highest BCUT2D eigenvalue weighted by Gasteiger charge is 2.15. The van der Waals surface area contributed by atoms with Gasteiger partial charge in [-0.1, -0.05) is 0 Å². The molecule has 0 atom stereocenters. The lowest BCUT2D eigenvalue weighted by Crippen LogP contribution is -2.44. The van der Waals surface area contributed by atoms with Gasteiger partial charge in [0.05, 0.1) is 16.5 Å². The highest BCUT2D eigenvalue weighted by Crippen LogP contribution is 2.27. The molecule has 1 aromatic rings. The Bertz CT molecular complexity index is 533. The van der Waals surface area contributed by atoms with E-state index in [4.69, 9.17) is 10.5 Å². The number of nitrogens with one attached hydrogen (secondary N) is 2. The number of benzene rings is 1. The Morgan fingerprint density at radius 3 is 2.65 bits per heavy atom. The van der Waals surface area contributed by atoms with E-state index < -0.39 is 10.0 Å². The second-order valence-corrected chi connectivity index (χ2v) is 5.87. The average molecular weight is 340 g/mol. The van der Waals surface area contributed by atoms with Crippen molar-refractivity contribution in [3.8, 4) is 5.75 Å². The molecule has 6 nitrogen and oxygen atoms in total. The first-order valence-electron chi connectivity index (χ1n) is 4.27. The summed E-state index contributed by atoms with van der Waals surface area (Å²) < 4.78 is 29.0. The molecule has 0 unspecified atom stereocenters. The normalized spacial score (nSPS) is 10.9. The molecule has 9 heteroatoms. The predicted octanol–water partition coefficient (Wildman–Crippen LogP) is 0.484. The summed E-state index contributed by atoms with van der Waals surface area (Å²) in [5, 5.41) is -0.166. The summed E-state index contributed by atoms with van der Waals surface area (Å²) >= 11 is 7.68. The lowest BCUT2D eigenvalue weighted by atomic mass is 10.3. The van der Waals surface area contributed by atoms with Crippen LogP contribution < -0.4 is 20.7 Å². The van der Waals surface area contributed by atoms with Crippen LogP contribution in [0.4, 0.5) is 0 Å². The van der Waals surface area contributed by atoms with E-state index in [1.807, 2.05) is 4.83 Å². The molecule has 0 spiro atoms. The number of methoxy groups -OCH3 is 1. The molecular weight excluding hydrogens is 330 g/mol. The zero-order valence-corrected chi connectivity index (χ0v) is 11.9. The van der Waals surface area contributed by atoms with Crippen LogP contribution >= 0.6 is 28.1 Å². The fourth-order valence-electron chi connectivity index (χ4n) is 0.991. The summed E-state index contributed by atoms with van der Waals surface area (Å²) in [6.45, 7) is 0. The van der Waals surface area contributed by atoms with Gasteiger partial charge in [0, 0.05) is 0 Å². The van der Waals surface area contributed by atoms with Crippen molar-refractivity contribution in [2.75, 3.05) is 7.11 Å². The van der Waals surface area contributed by atoms with E-state index in [0.717, 1.165) is 0 Å². The lowest BCUT2D eigenvalue weighted by molar-refractivity contribution is 0.411. The monoisotopic (exact) mass is 339 g/mol. The molecule has 1 aromatic carbocycles. The van der Waals surface area contributed by atoms with Gasteiger partial charge in [-0.05, 0) is 46.3 Å². The summed E-state index contributed by atoms with van der Waals surface area (Å²) in [5.74, 6) is 0.534. The molecule has 0 fully saturated rings. The van der Waals surface area contributed by atoms with Crippen LogP contribution in [0.25, 0.3) is 0 Å². The minimum absolute atomic E-state index is 0.0499. The van der Waals surface area contributed by atoms with Crippen LogP contribution in [0.5, 0.6) is 5.75 Å². The zero-order valence-electron chi connectivity index (χ0n) is 8.73. The molecule has 0 bridgehead atoms. The SMILES string of the molecule is COc1ccc(S(=O)(=O)NNC(N)=S)cc1Br. The van der Waals surface area contributed by atoms with Crippen LogP contribution in [0.1, 0.15) is 0 Å². The van der Waals surface area contributed by atoms with Crippen LogP contribution in [0, 0.1) is 0 Å². The van der Waals surface area contributed by atoms with E-state index in [2.05, 4.69) is 33.6 Å². The summed E-state index contributed by atoms with van der Waals surface area (Å²) in [6, 6.07) is 4.33. The van der Waals surface area contributed by atoms with Gasteiger partial charge in [0.15, 0.2) is 5.11 Å². The maximum absolute atomic E-state index is 11.7.